The monoisotopic (exact) mass is 555 g/mol. The molecule has 0 unspecified atom stereocenters. The first-order chi connectivity index (χ1) is 16.8. The van der Waals surface area contributed by atoms with Gasteiger partial charge in [-0.25, -0.2) is 12.7 Å². The molecule has 2 aliphatic rings. The van der Waals surface area contributed by atoms with Crippen LogP contribution in [0.1, 0.15) is 46.9 Å². The van der Waals surface area contributed by atoms with Crippen molar-refractivity contribution in [1.82, 2.24) is 14.6 Å². The van der Waals surface area contributed by atoms with E-state index >= 15 is 0 Å². The molecule has 0 spiro atoms. The number of sulfonamides is 1. The number of ether oxygens (including phenoxy) is 2. The van der Waals surface area contributed by atoms with Gasteiger partial charge in [0.25, 0.3) is 17.3 Å². The van der Waals surface area contributed by atoms with Gasteiger partial charge in [-0.3, -0.25) is 9.59 Å². The lowest BCUT2D eigenvalue weighted by atomic mass is 9.90. The first kappa shape index (κ1) is 26.8. The second-order valence-corrected chi connectivity index (χ2v) is 12.6. The molecule has 9 nitrogen and oxygen atoms in total. The van der Waals surface area contributed by atoms with Crippen LogP contribution in [0.2, 0.25) is 5.02 Å². The number of aromatic amines is 1. The summed E-state index contributed by atoms with van der Waals surface area (Å²) < 4.78 is 37.6. The van der Waals surface area contributed by atoms with Crippen LogP contribution < -0.4 is 20.3 Å². The highest BCUT2D eigenvalue weighted by atomic mass is 35.5. The summed E-state index contributed by atoms with van der Waals surface area (Å²) >= 11 is 7.96. The molecule has 1 atom stereocenters. The van der Waals surface area contributed by atoms with Gasteiger partial charge in [-0.2, -0.15) is 0 Å². The van der Waals surface area contributed by atoms with Crippen molar-refractivity contribution in [3.8, 4) is 11.5 Å². The number of thioether (sulfide) groups is 1. The average molecular weight is 556 g/mol. The third kappa shape index (κ3) is 5.11. The van der Waals surface area contributed by atoms with Crippen molar-refractivity contribution >= 4 is 39.3 Å². The molecule has 2 N–H and O–H groups in total. The van der Waals surface area contributed by atoms with Gasteiger partial charge in [-0.1, -0.05) is 11.6 Å². The quantitative estimate of drug-likeness (QED) is 0.524. The van der Waals surface area contributed by atoms with Crippen LogP contribution in [-0.4, -0.2) is 55.0 Å². The standard InChI is InChI=1S/C24H30ClN3O6S2/c1-13-10-19(35-4)17(23(30)27-13)12-26-22(29)16-11-18(25)21-20(14(16)2)33-24(3,34-21)15-6-8-28(9-7-15)36(5,31)32/h10-11,15H,6-9,12H2,1-5H3,(H,26,29)(H,27,30)/t24-/m1/s1. The molecular weight excluding hydrogens is 526 g/mol. The Bertz CT molecular complexity index is 1370. The molecule has 1 aromatic carbocycles. The predicted octanol–water partition coefficient (Wildman–Crippen LogP) is 3.46. The summed E-state index contributed by atoms with van der Waals surface area (Å²) in [7, 11) is -3.25. The highest BCUT2D eigenvalue weighted by molar-refractivity contribution is 7.98. The SMILES string of the molecule is CSc1cc(C)[nH]c(=O)c1CNC(=O)c1cc(Cl)c2c(c1C)O[C@@](C)(C1CCN(S(C)(=O)=O)CC1)O2. The van der Waals surface area contributed by atoms with Crippen molar-refractivity contribution in [2.24, 2.45) is 5.92 Å². The highest BCUT2D eigenvalue weighted by Crippen LogP contribution is 2.51. The van der Waals surface area contributed by atoms with Crippen LogP contribution in [0.15, 0.2) is 21.8 Å². The lowest BCUT2D eigenvalue weighted by Crippen LogP contribution is -2.49. The Kier molecular flexibility index (Phi) is 7.40. The van der Waals surface area contributed by atoms with Crippen molar-refractivity contribution in [2.75, 3.05) is 25.6 Å². The molecule has 2 aromatic rings. The predicted molar refractivity (Wildman–Crippen MR) is 140 cm³/mol. The van der Waals surface area contributed by atoms with Gasteiger partial charge in [0.2, 0.25) is 10.0 Å². The summed E-state index contributed by atoms with van der Waals surface area (Å²) in [6, 6.07) is 3.42. The van der Waals surface area contributed by atoms with E-state index in [0.29, 0.717) is 54.1 Å². The second kappa shape index (κ2) is 9.92. The lowest BCUT2D eigenvalue weighted by Gasteiger charge is -2.37. The molecule has 0 saturated carbocycles. The van der Waals surface area contributed by atoms with Gasteiger partial charge >= 0.3 is 0 Å². The fourth-order valence-electron chi connectivity index (χ4n) is 4.76. The van der Waals surface area contributed by atoms with E-state index in [2.05, 4.69) is 10.3 Å². The van der Waals surface area contributed by atoms with Crippen LogP contribution in [0.4, 0.5) is 0 Å². The number of hydrogen-bond acceptors (Lipinski definition) is 7. The van der Waals surface area contributed by atoms with Crippen molar-refractivity contribution in [3.63, 3.8) is 0 Å². The number of pyridine rings is 1. The molecule has 3 heterocycles. The molecule has 0 bridgehead atoms. The van der Waals surface area contributed by atoms with Crippen LogP contribution in [0.25, 0.3) is 0 Å². The summed E-state index contributed by atoms with van der Waals surface area (Å²) in [6.45, 7) is 6.22. The van der Waals surface area contributed by atoms with Crippen LogP contribution in [0.5, 0.6) is 11.5 Å². The Morgan fingerprint density at radius 1 is 1.25 bits per heavy atom. The van der Waals surface area contributed by atoms with Crippen molar-refractivity contribution < 1.29 is 22.7 Å². The highest BCUT2D eigenvalue weighted by Gasteiger charge is 2.47. The number of aromatic nitrogens is 1. The summed E-state index contributed by atoms with van der Waals surface area (Å²) in [5, 5.41) is 3.07. The summed E-state index contributed by atoms with van der Waals surface area (Å²) in [6.07, 6.45) is 4.23. The summed E-state index contributed by atoms with van der Waals surface area (Å²) in [5.74, 6) is -0.702. The summed E-state index contributed by atoms with van der Waals surface area (Å²) in [5.41, 5.74) is 1.90. The largest absolute Gasteiger partial charge is 0.448 e. The number of nitrogens with zero attached hydrogens (tertiary/aromatic N) is 1. The molecule has 0 radical (unpaired) electrons. The third-order valence-corrected chi connectivity index (χ3v) is 9.22. The average Bonchev–Trinajstić information content (AvgIpc) is 3.19. The Balaban J connectivity index is 1.53. The fourth-order valence-corrected chi connectivity index (χ4v) is 6.57. The van der Waals surface area contributed by atoms with Crippen LogP contribution in [0, 0.1) is 19.8 Å². The van der Waals surface area contributed by atoms with E-state index in [0.717, 1.165) is 10.6 Å². The Hall–Kier alpha value is -2.21. The van der Waals surface area contributed by atoms with E-state index in [1.165, 1.54) is 22.3 Å². The number of aryl methyl sites for hydroxylation is 1. The topological polar surface area (TPSA) is 118 Å². The van der Waals surface area contributed by atoms with Gasteiger partial charge in [-0.15, -0.1) is 11.8 Å². The maximum absolute atomic E-state index is 13.1. The number of carbonyl (C=O) groups is 1. The first-order valence-electron chi connectivity index (χ1n) is 11.5. The molecule has 1 aromatic heterocycles. The molecule has 2 aliphatic heterocycles. The number of hydrogen-bond donors (Lipinski definition) is 2. The zero-order valence-corrected chi connectivity index (χ0v) is 23.2. The molecule has 0 aliphatic carbocycles. The number of rotatable bonds is 6. The minimum absolute atomic E-state index is 0.0612. The van der Waals surface area contributed by atoms with Crippen molar-refractivity contribution in [3.05, 3.63) is 49.9 Å². The Labute approximate surface area is 219 Å². The van der Waals surface area contributed by atoms with Crippen molar-refractivity contribution in [1.29, 1.82) is 0 Å². The second-order valence-electron chi connectivity index (χ2n) is 9.36. The molecule has 196 valence electrons. The van der Waals surface area contributed by atoms with Crippen LogP contribution in [-0.2, 0) is 16.6 Å². The first-order valence-corrected chi connectivity index (χ1v) is 15.0. The molecular formula is C24H30ClN3O6S2. The Morgan fingerprint density at radius 3 is 2.50 bits per heavy atom. The molecule has 4 rings (SSSR count). The van der Waals surface area contributed by atoms with E-state index in [9.17, 15) is 18.0 Å². The number of halogens is 1. The van der Waals surface area contributed by atoms with Gasteiger partial charge in [-0.05, 0) is 45.1 Å². The number of nitrogens with one attached hydrogen (secondary N) is 2. The van der Waals surface area contributed by atoms with Gasteiger partial charge in [0.15, 0.2) is 11.5 Å². The number of H-pyrrole nitrogens is 1. The molecule has 36 heavy (non-hydrogen) atoms. The van der Waals surface area contributed by atoms with Crippen LogP contribution >= 0.6 is 23.4 Å². The number of fused-ring (bicyclic) bond motifs is 1. The maximum Gasteiger partial charge on any atom is 0.254 e. The van der Waals surface area contributed by atoms with E-state index in [1.54, 1.807) is 13.0 Å². The smallest absolute Gasteiger partial charge is 0.254 e. The van der Waals surface area contributed by atoms with Crippen LogP contribution in [0.3, 0.4) is 0 Å². The molecule has 12 heteroatoms. The van der Waals surface area contributed by atoms with Gasteiger partial charge in [0.05, 0.1) is 11.3 Å². The number of benzene rings is 1. The number of amides is 1. The van der Waals surface area contributed by atoms with Gasteiger partial charge in [0, 0.05) is 59.8 Å². The normalized spacial score (nSPS) is 20.5. The fraction of sp³-hybridized carbons (Fsp3) is 0.500. The third-order valence-electron chi connectivity index (χ3n) is 6.83. The van der Waals surface area contributed by atoms with E-state index in [1.807, 2.05) is 26.2 Å². The molecule has 1 saturated heterocycles. The summed E-state index contributed by atoms with van der Waals surface area (Å²) in [4.78, 5) is 29.1. The van der Waals surface area contributed by atoms with Gasteiger partial charge < -0.3 is 19.8 Å². The minimum atomic E-state index is -3.25. The van der Waals surface area contributed by atoms with Crippen molar-refractivity contribution in [2.45, 2.75) is 50.8 Å². The van der Waals surface area contributed by atoms with E-state index in [-0.39, 0.29) is 29.0 Å². The zero-order chi connectivity index (χ0) is 26.4. The van der Waals surface area contributed by atoms with E-state index < -0.39 is 15.8 Å². The maximum atomic E-state index is 13.1. The molecule has 1 fully saturated rings. The van der Waals surface area contributed by atoms with Gasteiger partial charge in [0.1, 0.15) is 0 Å². The van der Waals surface area contributed by atoms with E-state index in [4.69, 9.17) is 21.1 Å². The Morgan fingerprint density at radius 2 is 1.89 bits per heavy atom. The number of carbonyl (C=O) groups excluding carboxylic acids is 1. The minimum Gasteiger partial charge on any atom is -0.448 e. The zero-order valence-electron chi connectivity index (χ0n) is 20.9. The lowest BCUT2D eigenvalue weighted by molar-refractivity contribution is -0.121. The number of piperidine rings is 1. The molecule has 1 amide bonds.